The van der Waals surface area contributed by atoms with Crippen LogP contribution in [-0.2, 0) is 6.42 Å². The highest BCUT2D eigenvalue weighted by atomic mass is 15.2. The fourth-order valence-electron chi connectivity index (χ4n) is 3.26. The molecule has 0 saturated carbocycles. The number of aliphatic imine (C=N–C) groups is 1. The zero-order valence-corrected chi connectivity index (χ0v) is 15.7. The largest absolute Gasteiger partial charge is 0.356 e. The molecule has 0 aliphatic carbocycles. The van der Waals surface area contributed by atoms with Crippen molar-refractivity contribution in [2.45, 2.75) is 46.1 Å². The van der Waals surface area contributed by atoms with Crippen LogP contribution in [0.2, 0.25) is 0 Å². The summed E-state index contributed by atoms with van der Waals surface area (Å²) >= 11 is 0. The summed E-state index contributed by atoms with van der Waals surface area (Å²) in [6.45, 7) is 11.2. The van der Waals surface area contributed by atoms with Gasteiger partial charge < -0.3 is 15.5 Å². The summed E-state index contributed by atoms with van der Waals surface area (Å²) in [6.07, 6.45) is 7.16. The van der Waals surface area contributed by atoms with E-state index in [0.717, 1.165) is 24.8 Å². The monoisotopic (exact) mass is 331 g/mol. The molecule has 1 aromatic heterocycles. The van der Waals surface area contributed by atoms with Crippen molar-refractivity contribution >= 4 is 5.96 Å². The van der Waals surface area contributed by atoms with Crippen LogP contribution in [0, 0.1) is 12.8 Å². The van der Waals surface area contributed by atoms with E-state index in [-0.39, 0.29) is 0 Å². The normalized spacial score (nSPS) is 17.3. The van der Waals surface area contributed by atoms with Gasteiger partial charge in [-0.25, -0.2) is 0 Å². The van der Waals surface area contributed by atoms with Gasteiger partial charge in [0.15, 0.2) is 5.96 Å². The van der Waals surface area contributed by atoms with Crippen molar-refractivity contribution < 1.29 is 0 Å². The van der Waals surface area contributed by atoms with Crippen LogP contribution in [0.3, 0.4) is 0 Å². The highest BCUT2D eigenvalue weighted by Crippen LogP contribution is 2.12. The van der Waals surface area contributed by atoms with E-state index in [1.807, 2.05) is 19.4 Å². The Hall–Kier alpha value is -1.62. The first-order valence-electron chi connectivity index (χ1n) is 9.17. The molecule has 0 atom stereocenters. The molecule has 0 aromatic carbocycles. The first-order valence-corrected chi connectivity index (χ1v) is 9.17. The Morgan fingerprint density at radius 2 is 2.12 bits per heavy atom. The molecule has 1 fully saturated rings. The molecule has 1 aliphatic rings. The molecule has 0 spiro atoms. The number of pyridine rings is 1. The lowest BCUT2D eigenvalue weighted by atomic mass is 10.0. The quantitative estimate of drug-likeness (QED) is 0.620. The number of aromatic nitrogens is 1. The molecular weight excluding hydrogens is 298 g/mol. The minimum Gasteiger partial charge on any atom is -0.356 e. The summed E-state index contributed by atoms with van der Waals surface area (Å²) in [5.74, 6) is 1.67. The highest BCUT2D eigenvalue weighted by molar-refractivity contribution is 5.79. The van der Waals surface area contributed by atoms with Gasteiger partial charge in [-0.3, -0.25) is 9.98 Å². The van der Waals surface area contributed by atoms with E-state index in [2.05, 4.69) is 52.3 Å². The summed E-state index contributed by atoms with van der Waals surface area (Å²) in [5.41, 5.74) is 2.59. The first-order chi connectivity index (χ1) is 11.6. The Kier molecular flexibility index (Phi) is 7.50. The molecule has 5 nitrogen and oxygen atoms in total. The van der Waals surface area contributed by atoms with Gasteiger partial charge in [0.2, 0.25) is 0 Å². The van der Waals surface area contributed by atoms with Gasteiger partial charge in [-0.1, -0.05) is 13.8 Å². The molecule has 0 radical (unpaired) electrons. The fourth-order valence-corrected chi connectivity index (χ4v) is 3.26. The van der Waals surface area contributed by atoms with E-state index in [4.69, 9.17) is 0 Å². The van der Waals surface area contributed by atoms with Gasteiger partial charge >= 0.3 is 0 Å². The lowest BCUT2D eigenvalue weighted by Gasteiger charge is -2.34. The van der Waals surface area contributed by atoms with Crippen LogP contribution in [-0.4, -0.2) is 55.1 Å². The van der Waals surface area contributed by atoms with Crippen LogP contribution < -0.4 is 10.6 Å². The number of guanidine groups is 1. The van der Waals surface area contributed by atoms with Crippen LogP contribution in [0.1, 0.15) is 37.8 Å². The molecular formula is C19H33N5. The standard InChI is InChI=1S/C19H33N5/c1-15(2)14-24-11-7-18(8-12-24)23-19(20-4)22-10-6-17-5-9-21-13-16(17)3/h5,9,13,15,18H,6-8,10-12,14H2,1-4H3,(H2,20,22,23). The Bertz CT molecular complexity index is 518. The lowest BCUT2D eigenvalue weighted by molar-refractivity contribution is 0.187. The summed E-state index contributed by atoms with van der Waals surface area (Å²) < 4.78 is 0. The second-order valence-electron chi connectivity index (χ2n) is 7.16. The van der Waals surface area contributed by atoms with Crippen LogP contribution in [0.4, 0.5) is 0 Å². The maximum Gasteiger partial charge on any atom is 0.191 e. The van der Waals surface area contributed by atoms with Crippen molar-refractivity contribution in [3.63, 3.8) is 0 Å². The average molecular weight is 332 g/mol. The SMILES string of the molecule is CN=C(NCCc1ccncc1C)NC1CCN(CC(C)C)CC1. The number of hydrogen-bond acceptors (Lipinski definition) is 3. The molecule has 1 aliphatic heterocycles. The number of likely N-dealkylation sites (tertiary alicyclic amines) is 1. The van der Waals surface area contributed by atoms with E-state index >= 15 is 0 Å². The number of aryl methyl sites for hydroxylation is 1. The second-order valence-corrected chi connectivity index (χ2v) is 7.16. The summed E-state index contributed by atoms with van der Waals surface area (Å²) in [4.78, 5) is 11.1. The number of nitrogens with one attached hydrogen (secondary N) is 2. The van der Waals surface area contributed by atoms with Crippen LogP contribution in [0.5, 0.6) is 0 Å². The minimum atomic E-state index is 0.530. The maximum atomic E-state index is 4.37. The number of rotatable bonds is 6. The summed E-state index contributed by atoms with van der Waals surface area (Å²) in [5, 5.41) is 7.02. The molecule has 1 saturated heterocycles. The molecule has 0 bridgehead atoms. The van der Waals surface area contributed by atoms with Gasteiger partial charge in [-0.2, -0.15) is 0 Å². The number of hydrogen-bond donors (Lipinski definition) is 2. The fraction of sp³-hybridized carbons (Fsp3) is 0.684. The smallest absolute Gasteiger partial charge is 0.191 e. The van der Waals surface area contributed by atoms with Gasteiger partial charge in [0.05, 0.1) is 0 Å². The zero-order valence-electron chi connectivity index (χ0n) is 15.7. The molecule has 2 heterocycles. The van der Waals surface area contributed by atoms with E-state index in [1.165, 1.54) is 43.6 Å². The Labute approximate surface area is 147 Å². The first kappa shape index (κ1) is 18.7. The van der Waals surface area contributed by atoms with Gasteiger partial charge in [-0.15, -0.1) is 0 Å². The molecule has 1 aromatic rings. The predicted molar refractivity (Wildman–Crippen MR) is 101 cm³/mol. The van der Waals surface area contributed by atoms with E-state index in [0.29, 0.717) is 6.04 Å². The van der Waals surface area contributed by atoms with Crippen molar-refractivity contribution in [3.8, 4) is 0 Å². The van der Waals surface area contributed by atoms with Gasteiger partial charge in [0, 0.05) is 51.7 Å². The molecule has 5 heteroatoms. The maximum absolute atomic E-state index is 4.37. The second kappa shape index (κ2) is 9.62. The predicted octanol–water partition coefficient (Wildman–Crippen LogP) is 2.22. The van der Waals surface area contributed by atoms with Crippen molar-refractivity contribution in [3.05, 3.63) is 29.6 Å². The zero-order chi connectivity index (χ0) is 17.4. The third kappa shape index (κ3) is 6.11. The van der Waals surface area contributed by atoms with Gasteiger partial charge in [0.1, 0.15) is 0 Å². The van der Waals surface area contributed by atoms with Crippen molar-refractivity contribution in [2.24, 2.45) is 10.9 Å². The van der Waals surface area contributed by atoms with Gasteiger partial charge in [-0.05, 0) is 49.3 Å². The third-order valence-corrected chi connectivity index (χ3v) is 4.60. The van der Waals surface area contributed by atoms with Crippen molar-refractivity contribution in [1.29, 1.82) is 0 Å². The molecule has 2 rings (SSSR count). The Morgan fingerprint density at radius 1 is 1.38 bits per heavy atom. The summed E-state index contributed by atoms with van der Waals surface area (Å²) in [6, 6.07) is 2.62. The average Bonchev–Trinajstić information content (AvgIpc) is 2.57. The van der Waals surface area contributed by atoms with Crippen molar-refractivity contribution in [1.82, 2.24) is 20.5 Å². The topological polar surface area (TPSA) is 52.6 Å². The van der Waals surface area contributed by atoms with Crippen molar-refractivity contribution in [2.75, 3.05) is 33.2 Å². The minimum absolute atomic E-state index is 0.530. The molecule has 134 valence electrons. The number of piperidine rings is 1. The molecule has 0 unspecified atom stereocenters. The third-order valence-electron chi connectivity index (χ3n) is 4.60. The van der Waals surface area contributed by atoms with Gasteiger partial charge in [0.25, 0.3) is 0 Å². The lowest BCUT2D eigenvalue weighted by Crippen LogP contribution is -2.49. The van der Waals surface area contributed by atoms with Crippen LogP contribution in [0.25, 0.3) is 0 Å². The highest BCUT2D eigenvalue weighted by Gasteiger charge is 2.20. The Morgan fingerprint density at radius 3 is 2.75 bits per heavy atom. The van der Waals surface area contributed by atoms with E-state index in [9.17, 15) is 0 Å². The van der Waals surface area contributed by atoms with Crippen LogP contribution in [0.15, 0.2) is 23.5 Å². The van der Waals surface area contributed by atoms with Crippen LogP contribution >= 0.6 is 0 Å². The molecule has 2 N–H and O–H groups in total. The number of nitrogens with zero attached hydrogens (tertiary/aromatic N) is 3. The Balaban J connectivity index is 1.70. The van der Waals surface area contributed by atoms with E-state index < -0.39 is 0 Å². The molecule has 24 heavy (non-hydrogen) atoms. The van der Waals surface area contributed by atoms with E-state index in [1.54, 1.807) is 0 Å². The molecule has 0 amide bonds. The summed E-state index contributed by atoms with van der Waals surface area (Å²) in [7, 11) is 1.85.